The Hall–Kier alpha value is -0.970. The average molecular weight is 255 g/mol. The minimum atomic E-state index is 0.128. The van der Waals surface area contributed by atoms with Crippen molar-refractivity contribution in [1.82, 2.24) is 4.37 Å². The van der Waals surface area contributed by atoms with Gasteiger partial charge in [0, 0.05) is 13.1 Å². The van der Waals surface area contributed by atoms with Gasteiger partial charge in [-0.05, 0) is 37.2 Å². The zero-order valence-electron chi connectivity index (χ0n) is 11.0. The Morgan fingerprint density at radius 1 is 1.47 bits per heavy atom. The van der Waals surface area contributed by atoms with Gasteiger partial charge in [0.05, 0.1) is 6.10 Å². The van der Waals surface area contributed by atoms with E-state index in [2.05, 4.69) is 23.1 Å². The molecular weight excluding hydrogens is 234 g/mol. The van der Waals surface area contributed by atoms with Crippen LogP contribution in [0.25, 0.3) is 0 Å². The van der Waals surface area contributed by atoms with E-state index in [1.54, 1.807) is 0 Å². The molecule has 0 spiro atoms. The van der Waals surface area contributed by atoms with Gasteiger partial charge in [-0.1, -0.05) is 13.8 Å². The van der Waals surface area contributed by atoms with Crippen LogP contribution in [0.1, 0.15) is 34.1 Å². The van der Waals surface area contributed by atoms with Crippen LogP contribution >= 0.6 is 11.5 Å². The molecule has 1 fully saturated rings. The normalized spacial score (nSPS) is 19.0. The molecule has 2 heterocycles. The summed E-state index contributed by atoms with van der Waals surface area (Å²) in [5, 5.41) is 1.08. The molecule has 1 aromatic heterocycles. The van der Waals surface area contributed by atoms with E-state index >= 15 is 0 Å². The fourth-order valence-electron chi connectivity index (χ4n) is 2.12. The van der Waals surface area contributed by atoms with E-state index in [9.17, 15) is 0 Å². The smallest absolute Gasteiger partial charge is 0.198 e. The summed E-state index contributed by atoms with van der Waals surface area (Å²) in [5.41, 5.74) is 6.24. The van der Waals surface area contributed by atoms with E-state index in [0.717, 1.165) is 23.8 Å². The Kier molecular flexibility index (Phi) is 3.21. The molecule has 1 aliphatic heterocycles. The predicted molar refractivity (Wildman–Crippen MR) is 72.9 cm³/mol. The molecule has 1 saturated heterocycles. The first kappa shape index (κ1) is 12.5. The van der Waals surface area contributed by atoms with Gasteiger partial charge in [-0.3, -0.25) is 0 Å². The molecule has 0 saturated carbocycles. The largest absolute Gasteiger partial charge is 0.484 e. The summed E-state index contributed by atoms with van der Waals surface area (Å²) in [6.45, 7) is 10.7. The molecule has 1 aliphatic rings. The Balaban J connectivity index is 2.21. The van der Waals surface area contributed by atoms with Crippen LogP contribution in [-0.2, 0) is 0 Å². The maximum Gasteiger partial charge on any atom is 0.198 e. The van der Waals surface area contributed by atoms with Gasteiger partial charge < -0.3 is 15.4 Å². The van der Waals surface area contributed by atoms with Gasteiger partial charge >= 0.3 is 0 Å². The van der Waals surface area contributed by atoms with Crippen LogP contribution < -0.4 is 15.4 Å². The summed E-state index contributed by atoms with van der Waals surface area (Å²) in [5.74, 6) is 1.28. The van der Waals surface area contributed by atoms with Crippen molar-refractivity contribution in [3.05, 3.63) is 0 Å². The molecule has 0 amide bonds. The van der Waals surface area contributed by atoms with Gasteiger partial charge in [-0.25, -0.2) is 0 Å². The first-order valence-corrected chi connectivity index (χ1v) is 6.83. The Morgan fingerprint density at radius 2 is 2.18 bits per heavy atom. The molecule has 0 unspecified atom stereocenters. The molecule has 0 aromatic carbocycles. The SMILES string of the molecule is CC(C)Oc1c(N)nsc1N1CCC(C)(C)C1. The quantitative estimate of drug-likeness (QED) is 0.902. The minimum Gasteiger partial charge on any atom is -0.484 e. The lowest BCUT2D eigenvalue weighted by Gasteiger charge is -2.21. The van der Waals surface area contributed by atoms with Crippen LogP contribution in [0.3, 0.4) is 0 Å². The first-order valence-electron chi connectivity index (χ1n) is 6.06. The third-order valence-corrected chi connectivity index (χ3v) is 3.88. The number of nitrogen functional groups attached to an aromatic ring is 1. The van der Waals surface area contributed by atoms with Crippen molar-refractivity contribution < 1.29 is 4.74 Å². The summed E-state index contributed by atoms with van der Waals surface area (Å²) in [4.78, 5) is 2.34. The topological polar surface area (TPSA) is 51.4 Å². The highest BCUT2D eigenvalue weighted by Gasteiger charge is 2.32. The molecule has 0 bridgehead atoms. The molecule has 96 valence electrons. The molecular formula is C12H21N3OS. The number of rotatable bonds is 3. The lowest BCUT2D eigenvalue weighted by atomic mass is 9.93. The van der Waals surface area contributed by atoms with E-state index in [0.29, 0.717) is 11.2 Å². The third-order valence-electron chi connectivity index (χ3n) is 2.98. The van der Waals surface area contributed by atoms with Gasteiger partial charge in [-0.15, -0.1) is 0 Å². The van der Waals surface area contributed by atoms with E-state index in [4.69, 9.17) is 10.5 Å². The summed E-state index contributed by atoms with van der Waals surface area (Å²) in [7, 11) is 0. The standard InChI is InChI=1S/C12H21N3OS/c1-8(2)16-9-10(13)14-17-11(9)15-6-5-12(3,4)7-15/h8H,5-7H2,1-4H3,(H2,13,14). The van der Waals surface area contributed by atoms with Crippen molar-refractivity contribution in [2.24, 2.45) is 5.41 Å². The van der Waals surface area contributed by atoms with Gasteiger partial charge in [0.1, 0.15) is 0 Å². The van der Waals surface area contributed by atoms with Crippen molar-refractivity contribution >= 4 is 22.4 Å². The molecule has 2 N–H and O–H groups in total. The summed E-state index contributed by atoms with van der Waals surface area (Å²) in [6, 6.07) is 0. The molecule has 4 nitrogen and oxygen atoms in total. The van der Waals surface area contributed by atoms with Gasteiger partial charge in [-0.2, -0.15) is 4.37 Å². The van der Waals surface area contributed by atoms with Gasteiger partial charge in [0.25, 0.3) is 0 Å². The average Bonchev–Trinajstić information content (AvgIpc) is 2.71. The molecule has 5 heteroatoms. The monoisotopic (exact) mass is 255 g/mol. The van der Waals surface area contributed by atoms with E-state index in [1.807, 2.05) is 13.8 Å². The number of ether oxygens (including phenoxy) is 1. The first-order chi connectivity index (χ1) is 7.89. The third kappa shape index (κ3) is 2.65. The van der Waals surface area contributed by atoms with Crippen LogP contribution in [0.15, 0.2) is 0 Å². The molecule has 17 heavy (non-hydrogen) atoms. The second-order valence-corrected chi connectivity index (χ2v) is 6.46. The second kappa shape index (κ2) is 4.37. The highest BCUT2D eigenvalue weighted by Crippen LogP contribution is 2.43. The Bertz CT molecular complexity index is 400. The molecule has 1 aromatic rings. The zero-order chi connectivity index (χ0) is 12.6. The van der Waals surface area contributed by atoms with Crippen LogP contribution in [0.5, 0.6) is 5.75 Å². The lowest BCUT2D eigenvalue weighted by molar-refractivity contribution is 0.245. The van der Waals surface area contributed by atoms with Crippen LogP contribution in [0.4, 0.5) is 10.8 Å². The summed E-state index contributed by atoms with van der Waals surface area (Å²) in [6.07, 6.45) is 1.33. The fraction of sp³-hybridized carbons (Fsp3) is 0.750. The number of nitrogens with zero attached hydrogens (tertiary/aromatic N) is 2. The maximum absolute atomic E-state index is 5.87. The van der Waals surface area contributed by atoms with Crippen LogP contribution in [0, 0.1) is 5.41 Å². The number of anilines is 2. The van der Waals surface area contributed by atoms with Crippen molar-refractivity contribution in [2.75, 3.05) is 23.7 Å². The highest BCUT2D eigenvalue weighted by molar-refractivity contribution is 7.11. The van der Waals surface area contributed by atoms with Gasteiger partial charge in [0.15, 0.2) is 16.6 Å². The van der Waals surface area contributed by atoms with Gasteiger partial charge in [0.2, 0.25) is 0 Å². The Morgan fingerprint density at radius 3 is 2.71 bits per heavy atom. The second-order valence-electron chi connectivity index (χ2n) is 5.70. The summed E-state index contributed by atoms with van der Waals surface area (Å²) >= 11 is 1.44. The number of nitrogens with two attached hydrogens (primary N) is 1. The fourth-order valence-corrected chi connectivity index (χ4v) is 2.89. The Labute approximate surface area is 107 Å². The maximum atomic E-state index is 5.87. The predicted octanol–water partition coefficient (Wildman–Crippen LogP) is 2.75. The van der Waals surface area contributed by atoms with Crippen LogP contribution in [-0.4, -0.2) is 23.6 Å². The van der Waals surface area contributed by atoms with Crippen molar-refractivity contribution in [3.63, 3.8) is 0 Å². The van der Waals surface area contributed by atoms with Crippen molar-refractivity contribution in [1.29, 1.82) is 0 Å². The minimum absolute atomic E-state index is 0.128. The molecule has 0 atom stereocenters. The molecule has 0 aliphatic carbocycles. The summed E-state index contributed by atoms with van der Waals surface area (Å²) < 4.78 is 9.99. The van der Waals surface area contributed by atoms with E-state index < -0.39 is 0 Å². The highest BCUT2D eigenvalue weighted by atomic mass is 32.1. The van der Waals surface area contributed by atoms with Crippen molar-refractivity contribution in [2.45, 2.75) is 40.2 Å². The number of hydrogen-bond acceptors (Lipinski definition) is 5. The molecule has 2 rings (SSSR count). The molecule has 0 radical (unpaired) electrons. The van der Waals surface area contributed by atoms with Crippen LogP contribution in [0.2, 0.25) is 0 Å². The number of aromatic nitrogens is 1. The number of hydrogen-bond donors (Lipinski definition) is 1. The van der Waals surface area contributed by atoms with Crippen molar-refractivity contribution in [3.8, 4) is 5.75 Å². The lowest BCUT2D eigenvalue weighted by Crippen LogP contribution is -2.22. The zero-order valence-corrected chi connectivity index (χ0v) is 11.8. The van der Waals surface area contributed by atoms with E-state index in [1.165, 1.54) is 18.0 Å². The van der Waals surface area contributed by atoms with E-state index in [-0.39, 0.29) is 6.10 Å².